The Kier molecular flexibility index (Phi) is 3.42. The molecule has 2 fully saturated rings. The number of fused-ring (bicyclic) bond motifs is 2. The molecule has 0 atom stereocenters. The van der Waals surface area contributed by atoms with Crippen LogP contribution in [0.4, 0.5) is 0 Å². The van der Waals surface area contributed by atoms with Gasteiger partial charge in [-0.25, -0.2) is 0 Å². The van der Waals surface area contributed by atoms with Crippen molar-refractivity contribution in [2.45, 2.75) is 52.9 Å². The number of hydrogen-bond donors (Lipinski definition) is 0. The smallest absolute Gasteiger partial charge is 0.0411 e. The molecule has 0 unspecified atom stereocenters. The standard InChI is InChI=1S/C7H12.C4H10/c1-2-7-4-3-6(1)5-7;1-4(2)3/h6-7H,1-5H2;4H,1-3H3. The summed E-state index contributed by atoms with van der Waals surface area (Å²) in [6, 6.07) is 0. The second kappa shape index (κ2) is 4.13. The van der Waals surface area contributed by atoms with E-state index in [0.717, 1.165) is 5.92 Å². The molecular formula is C11H22. The van der Waals surface area contributed by atoms with Crippen LogP contribution < -0.4 is 0 Å². The van der Waals surface area contributed by atoms with E-state index < -0.39 is 0 Å². The third-order valence-electron chi connectivity index (χ3n) is 2.63. The van der Waals surface area contributed by atoms with Crippen LogP contribution in [0, 0.1) is 17.8 Å². The van der Waals surface area contributed by atoms with Crippen LogP contribution in [0.3, 0.4) is 0 Å². The lowest BCUT2D eigenvalue weighted by Crippen LogP contribution is -1.90. The van der Waals surface area contributed by atoms with Gasteiger partial charge in [0.15, 0.2) is 0 Å². The molecule has 11 heavy (non-hydrogen) atoms. The molecule has 2 saturated carbocycles. The highest BCUT2D eigenvalue weighted by Gasteiger charge is 2.30. The highest BCUT2D eigenvalue weighted by molar-refractivity contribution is 4.82. The minimum atomic E-state index is 0.833. The maximum absolute atomic E-state index is 2.17. The van der Waals surface area contributed by atoms with Gasteiger partial charge in [-0.3, -0.25) is 0 Å². The molecule has 2 rings (SSSR count). The Morgan fingerprint density at radius 3 is 1.18 bits per heavy atom. The average molecular weight is 154 g/mol. The van der Waals surface area contributed by atoms with E-state index >= 15 is 0 Å². The van der Waals surface area contributed by atoms with Gasteiger partial charge in [0.25, 0.3) is 0 Å². The maximum Gasteiger partial charge on any atom is -0.0411 e. The molecule has 0 N–H and O–H groups in total. The highest BCUT2D eigenvalue weighted by Crippen LogP contribution is 2.43. The van der Waals surface area contributed by atoms with Crippen LogP contribution in [0.2, 0.25) is 0 Å². The van der Waals surface area contributed by atoms with Gasteiger partial charge in [0.2, 0.25) is 0 Å². The molecule has 0 saturated heterocycles. The summed E-state index contributed by atoms with van der Waals surface area (Å²) in [5.41, 5.74) is 0. The maximum atomic E-state index is 2.17. The quantitative estimate of drug-likeness (QED) is 0.497. The van der Waals surface area contributed by atoms with Gasteiger partial charge in [-0.05, 0) is 24.2 Å². The molecule has 0 aromatic carbocycles. The van der Waals surface area contributed by atoms with Gasteiger partial charge in [0.05, 0.1) is 0 Å². The lowest BCUT2D eigenvalue weighted by atomic mass is 10.0. The topological polar surface area (TPSA) is 0 Å². The van der Waals surface area contributed by atoms with E-state index in [2.05, 4.69) is 20.8 Å². The minimum Gasteiger partial charge on any atom is -0.0630 e. The van der Waals surface area contributed by atoms with E-state index in [9.17, 15) is 0 Å². The first-order valence-corrected chi connectivity index (χ1v) is 5.18. The Hall–Kier alpha value is 0. The number of rotatable bonds is 0. The summed E-state index contributed by atoms with van der Waals surface area (Å²) in [5.74, 6) is 3.18. The zero-order chi connectivity index (χ0) is 8.27. The van der Waals surface area contributed by atoms with Crippen molar-refractivity contribution in [3.8, 4) is 0 Å². The minimum absolute atomic E-state index is 0.833. The van der Waals surface area contributed by atoms with Crippen LogP contribution in [-0.4, -0.2) is 0 Å². The SMILES string of the molecule is C1CC2CCC1C2.CC(C)C. The predicted octanol–water partition coefficient (Wildman–Crippen LogP) is 3.86. The normalized spacial score (nSPS) is 33.8. The summed E-state index contributed by atoms with van der Waals surface area (Å²) in [6.45, 7) is 6.50. The third kappa shape index (κ3) is 3.27. The fraction of sp³-hybridized carbons (Fsp3) is 1.00. The number of hydrogen-bond acceptors (Lipinski definition) is 0. The molecule has 0 aliphatic heterocycles. The fourth-order valence-corrected chi connectivity index (χ4v) is 2.17. The van der Waals surface area contributed by atoms with E-state index in [1.54, 1.807) is 32.1 Å². The van der Waals surface area contributed by atoms with Gasteiger partial charge in [0.1, 0.15) is 0 Å². The van der Waals surface area contributed by atoms with Gasteiger partial charge in [-0.15, -0.1) is 0 Å². The summed E-state index contributed by atoms with van der Waals surface area (Å²) in [4.78, 5) is 0. The highest BCUT2D eigenvalue weighted by atomic mass is 14.4. The molecule has 0 amide bonds. The lowest BCUT2D eigenvalue weighted by Gasteiger charge is -2.05. The molecule has 0 spiro atoms. The van der Waals surface area contributed by atoms with Crippen molar-refractivity contribution in [3.63, 3.8) is 0 Å². The zero-order valence-corrected chi connectivity index (χ0v) is 8.27. The first-order chi connectivity index (χ1) is 5.18. The second-order valence-electron chi connectivity index (χ2n) is 4.85. The van der Waals surface area contributed by atoms with Crippen molar-refractivity contribution in [3.05, 3.63) is 0 Å². The summed E-state index contributed by atoms with van der Waals surface area (Å²) in [6.07, 6.45) is 7.82. The molecule has 0 nitrogen and oxygen atoms in total. The van der Waals surface area contributed by atoms with E-state index in [0.29, 0.717) is 0 Å². The van der Waals surface area contributed by atoms with Crippen molar-refractivity contribution in [1.29, 1.82) is 0 Å². The summed E-state index contributed by atoms with van der Waals surface area (Å²) < 4.78 is 0. The Bertz CT molecular complexity index is 83.9. The predicted molar refractivity (Wildman–Crippen MR) is 50.6 cm³/mol. The monoisotopic (exact) mass is 154 g/mol. The Morgan fingerprint density at radius 1 is 0.818 bits per heavy atom. The van der Waals surface area contributed by atoms with Crippen LogP contribution in [0.15, 0.2) is 0 Å². The zero-order valence-electron chi connectivity index (χ0n) is 8.27. The Labute approximate surface area is 71.4 Å². The van der Waals surface area contributed by atoms with Crippen molar-refractivity contribution < 1.29 is 0 Å². The molecule has 66 valence electrons. The molecule has 0 heteroatoms. The van der Waals surface area contributed by atoms with E-state index in [1.807, 2.05) is 0 Å². The van der Waals surface area contributed by atoms with E-state index in [1.165, 1.54) is 11.8 Å². The van der Waals surface area contributed by atoms with Gasteiger partial charge >= 0.3 is 0 Å². The van der Waals surface area contributed by atoms with E-state index in [4.69, 9.17) is 0 Å². The molecule has 2 bridgehead atoms. The van der Waals surface area contributed by atoms with Crippen LogP contribution >= 0.6 is 0 Å². The molecule has 2 aliphatic carbocycles. The Morgan fingerprint density at radius 2 is 1.09 bits per heavy atom. The molecule has 0 radical (unpaired) electrons. The van der Waals surface area contributed by atoms with E-state index in [-0.39, 0.29) is 0 Å². The molecular weight excluding hydrogens is 132 g/mol. The lowest BCUT2D eigenvalue weighted by molar-refractivity contribution is 0.480. The molecule has 0 aromatic heterocycles. The van der Waals surface area contributed by atoms with Crippen molar-refractivity contribution in [2.75, 3.05) is 0 Å². The first kappa shape index (κ1) is 9.09. The molecule has 0 heterocycles. The summed E-state index contributed by atoms with van der Waals surface area (Å²) in [5, 5.41) is 0. The average Bonchev–Trinajstić information content (AvgIpc) is 2.45. The van der Waals surface area contributed by atoms with Crippen LogP contribution in [0.5, 0.6) is 0 Å². The summed E-state index contributed by atoms with van der Waals surface area (Å²) in [7, 11) is 0. The van der Waals surface area contributed by atoms with Gasteiger partial charge in [-0.2, -0.15) is 0 Å². The first-order valence-electron chi connectivity index (χ1n) is 5.18. The largest absolute Gasteiger partial charge is 0.0630 e. The van der Waals surface area contributed by atoms with Crippen LogP contribution in [0.1, 0.15) is 52.9 Å². The summed E-state index contributed by atoms with van der Waals surface area (Å²) >= 11 is 0. The van der Waals surface area contributed by atoms with Crippen molar-refractivity contribution >= 4 is 0 Å². The van der Waals surface area contributed by atoms with Crippen molar-refractivity contribution in [1.82, 2.24) is 0 Å². The molecule has 2 aliphatic rings. The fourth-order valence-electron chi connectivity index (χ4n) is 2.17. The second-order valence-corrected chi connectivity index (χ2v) is 4.85. The van der Waals surface area contributed by atoms with Crippen molar-refractivity contribution in [2.24, 2.45) is 17.8 Å². The van der Waals surface area contributed by atoms with Crippen LogP contribution in [-0.2, 0) is 0 Å². The molecule has 0 aromatic rings. The Balaban J connectivity index is 0.000000134. The van der Waals surface area contributed by atoms with Gasteiger partial charge < -0.3 is 0 Å². The van der Waals surface area contributed by atoms with Crippen LogP contribution in [0.25, 0.3) is 0 Å². The van der Waals surface area contributed by atoms with Gasteiger partial charge in [-0.1, -0.05) is 46.5 Å². The van der Waals surface area contributed by atoms with Gasteiger partial charge in [0, 0.05) is 0 Å². The third-order valence-corrected chi connectivity index (χ3v) is 2.63.